The third-order valence-electron chi connectivity index (χ3n) is 3.48. The van der Waals surface area contributed by atoms with Gasteiger partial charge in [0.1, 0.15) is 5.75 Å². The summed E-state index contributed by atoms with van der Waals surface area (Å²) in [6.07, 6.45) is 1.52. The molecule has 0 aliphatic heterocycles. The fraction of sp³-hybridized carbons (Fsp3) is 0.263. The normalized spacial score (nSPS) is 11.7. The summed E-state index contributed by atoms with van der Waals surface area (Å²) in [4.78, 5) is 25.0. The van der Waals surface area contributed by atoms with Crippen LogP contribution in [0.15, 0.2) is 54.6 Å². The zero-order chi connectivity index (χ0) is 16.7. The number of ether oxygens (including phenoxy) is 1. The molecule has 0 saturated heterocycles. The monoisotopic (exact) mass is 328 g/mol. The van der Waals surface area contributed by atoms with Crippen LogP contribution in [0.1, 0.15) is 40.5 Å². The Morgan fingerprint density at radius 3 is 2.22 bits per heavy atom. The van der Waals surface area contributed by atoms with E-state index >= 15 is 0 Å². The summed E-state index contributed by atoms with van der Waals surface area (Å²) in [5.41, 5.74) is 1.23. The van der Waals surface area contributed by atoms with E-state index in [9.17, 15) is 9.59 Å². The number of benzene rings is 2. The lowest BCUT2D eigenvalue weighted by Gasteiger charge is -2.14. The van der Waals surface area contributed by atoms with Gasteiger partial charge in [-0.1, -0.05) is 55.4 Å². The maximum Gasteiger partial charge on any atom is 0.220 e. The molecule has 23 heavy (non-hydrogen) atoms. The van der Waals surface area contributed by atoms with Crippen LogP contribution >= 0.6 is 11.8 Å². The van der Waals surface area contributed by atoms with Crippen molar-refractivity contribution in [2.24, 2.45) is 0 Å². The lowest BCUT2D eigenvalue weighted by Crippen LogP contribution is -2.19. The Morgan fingerprint density at radius 2 is 1.65 bits per heavy atom. The summed E-state index contributed by atoms with van der Waals surface area (Å²) < 4.78 is 5.11. The first-order valence-corrected chi connectivity index (χ1v) is 8.48. The molecule has 0 N–H and O–H groups in total. The van der Waals surface area contributed by atoms with E-state index in [1.54, 1.807) is 43.5 Å². The van der Waals surface area contributed by atoms with Gasteiger partial charge in [-0.15, -0.1) is 0 Å². The molecule has 2 rings (SSSR count). The highest BCUT2D eigenvalue weighted by Gasteiger charge is 2.23. The number of thioether (sulfide) groups is 1. The van der Waals surface area contributed by atoms with Gasteiger partial charge in [-0.05, 0) is 30.7 Å². The molecule has 0 aromatic heterocycles. The second kappa shape index (κ2) is 8.53. The number of hydrogen-bond donors (Lipinski definition) is 0. The molecule has 1 atom stereocenters. The number of carbonyl (C=O) groups is 2. The van der Waals surface area contributed by atoms with E-state index < -0.39 is 0 Å². The molecule has 4 heteroatoms. The molecule has 0 amide bonds. The second-order valence-electron chi connectivity index (χ2n) is 5.14. The zero-order valence-electron chi connectivity index (χ0n) is 13.3. The molecule has 0 aliphatic carbocycles. The molecule has 2 aromatic rings. The Balaban J connectivity index is 2.13. The minimum Gasteiger partial charge on any atom is -0.497 e. The van der Waals surface area contributed by atoms with Gasteiger partial charge in [-0.3, -0.25) is 9.59 Å². The van der Waals surface area contributed by atoms with Crippen molar-refractivity contribution in [2.45, 2.75) is 25.0 Å². The van der Waals surface area contributed by atoms with Gasteiger partial charge >= 0.3 is 0 Å². The van der Waals surface area contributed by atoms with Gasteiger partial charge in [-0.2, -0.15) is 0 Å². The van der Waals surface area contributed by atoms with Crippen molar-refractivity contribution < 1.29 is 14.3 Å². The predicted molar refractivity (Wildman–Crippen MR) is 94.4 cm³/mol. The minimum absolute atomic E-state index is 0.0104. The van der Waals surface area contributed by atoms with Crippen molar-refractivity contribution in [1.82, 2.24) is 0 Å². The van der Waals surface area contributed by atoms with Crippen LogP contribution in [0.2, 0.25) is 0 Å². The Hall–Kier alpha value is -2.07. The molecular weight excluding hydrogens is 308 g/mol. The number of rotatable bonds is 7. The summed E-state index contributed by atoms with van der Waals surface area (Å²) in [5.74, 6) is 0.699. The molecule has 0 radical (unpaired) electrons. The number of carbonyl (C=O) groups excluding carboxylic acids is 2. The second-order valence-corrected chi connectivity index (χ2v) is 6.32. The van der Waals surface area contributed by atoms with Crippen molar-refractivity contribution in [3.63, 3.8) is 0 Å². The number of hydrogen-bond acceptors (Lipinski definition) is 4. The van der Waals surface area contributed by atoms with Crippen molar-refractivity contribution in [3.05, 3.63) is 65.7 Å². The van der Waals surface area contributed by atoms with Crippen molar-refractivity contribution in [3.8, 4) is 5.75 Å². The average molecular weight is 328 g/mol. The summed E-state index contributed by atoms with van der Waals surface area (Å²) in [7, 11) is 1.59. The van der Waals surface area contributed by atoms with E-state index in [-0.39, 0.29) is 16.1 Å². The largest absolute Gasteiger partial charge is 0.497 e. The molecule has 2 aromatic carbocycles. The van der Waals surface area contributed by atoms with Crippen LogP contribution in [-0.4, -0.2) is 23.3 Å². The van der Waals surface area contributed by atoms with Crippen LogP contribution in [0.3, 0.4) is 0 Å². The summed E-state index contributed by atoms with van der Waals surface area (Å²) in [6.45, 7) is 2.02. The molecule has 1 unspecified atom stereocenters. The molecule has 120 valence electrons. The maximum absolute atomic E-state index is 12.7. The third-order valence-corrected chi connectivity index (χ3v) is 4.66. The van der Waals surface area contributed by atoms with Gasteiger partial charge in [0.25, 0.3) is 0 Å². The van der Waals surface area contributed by atoms with Gasteiger partial charge in [0.15, 0.2) is 5.78 Å². The molecule has 0 aliphatic rings. The van der Waals surface area contributed by atoms with Crippen molar-refractivity contribution in [1.29, 1.82) is 0 Å². The fourth-order valence-electron chi connectivity index (χ4n) is 2.22. The third kappa shape index (κ3) is 4.70. The Kier molecular flexibility index (Phi) is 6.41. The highest BCUT2D eigenvalue weighted by molar-refractivity contribution is 8.15. The average Bonchev–Trinajstić information content (AvgIpc) is 2.61. The number of methoxy groups -OCH3 is 1. The molecule has 0 saturated carbocycles. The highest BCUT2D eigenvalue weighted by Crippen LogP contribution is 2.25. The smallest absolute Gasteiger partial charge is 0.220 e. The van der Waals surface area contributed by atoms with Gasteiger partial charge in [-0.25, -0.2) is 0 Å². The van der Waals surface area contributed by atoms with E-state index in [1.165, 1.54) is 0 Å². The Labute approximate surface area is 141 Å². The number of ketones is 1. The van der Waals surface area contributed by atoms with Gasteiger partial charge in [0, 0.05) is 11.1 Å². The van der Waals surface area contributed by atoms with E-state index in [2.05, 4.69) is 0 Å². The fourth-order valence-corrected chi connectivity index (χ4v) is 3.35. The highest BCUT2D eigenvalue weighted by atomic mass is 32.2. The van der Waals surface area contributed by atoms with E-state index in [0.717, 1.165) is 18.2 Å². The lowest BCUT2D eigenvalue weighted by atomic mass is 10.1. The first kappa shape index (κ1) is 17.3. The summed E-state index contributed by atoms with van der Waals surface area (Å²) in [6, 6.07) is 16.1. The van der Waals surface area contributed by atoms with Gasteiger partial charge in [0.2, 0.25) is 5.12 Å². The summed E-state index contributed by atoms with van der Waals surface area (Å²) >= 11 is 1.12. The SMILES string of the molecule is CCCC(SC(=O)c1ccccc1)C(=O)c1ccc(OC)cc1. The van der Waals surface area contributed by atoms with Crippen LogP contribution in [-0.2, 0) is 0 Å². The molecule has 0 heterocycles. The first-order valence-electron chi connectivity index (χ1n) is 7.60. The standard InChI is InChI=1S/C19H20O3S/c1-3-7-17(23-19(21)15-8-5-4-6-9-15)18(20)14-10-12-16(22-2)13-11-14/h4-6,8-13,17H,3,7H2,1-2H3. The molecule has 3 nitrogen and oxygen atoms in total. The number of Topliss-reactive ketones (excluding diaryl/α,β-unsaturated/α-hetero) is 1. The zero-order valence-corrected chi connectivity index (χ0v) is 14.1. The minimum atomic E-state index is -0.360. The van der Waals surface area contributed by atoms with E-state index in [0.29, 0.717) is 23.3 Å². The quantitative estimate of drug-likeness (QED) is 0.696. The van der Waals surface area contributed by atoms with Crippen molar-refractivity contribution in [2.75, 3.05) is 7.11 Å². The van der Waals surface area contributed by atoms with Crippen LogP contribution < -0.4 is 4.74 Å². The maximum atomic E-state index is 12.7. The topological polar surface area (TPSA) is 43.4 Å². The predicted octanol–water partition coefficient (Wildman–Crippen LogP) is 4.62. The molecule has 0 fully saturated rings. The summed E-state index contributed by atoms with van der Waals surface area (Å²) in [5, 5.41) is -0.424. The van der Waals surface area contributed by atoms with E-state index in [4.69, 9.17) is 4.74 Å². The van der Waals surface area contributed by atoms with Crippen LogP contribution in [0.5, 0.6) is 5.75 Å². The van der Waals surface area contributed by atoms with Crippen LogP contribution in [0.25, 0.3) is 0 Å². The van der Waals surface area contributed by atoms with E-state index in [1.807, 2.05) is 25.1 Å². The van der Waals surface area contributed by atoms with Gasteiger partial charge < -0.3 is 4.74 Å². The molecular formula is C19H20O3S. The van der Waals surface area contributed by atoms with Crippen molar-refractivity contribution >= 4 is 22.7 Å². The van der Waals surface area contributed by atoms with Crippen LogP contribution in [0, 0.1) is 0 Å². The first-order chi connectivity index (χ1) is 11.2. The van der Waals surface area contributed by atoms with Gasteiger partial charge in [0.05, 0.1) is 12.4 Å². The molecule has 0 spiro atoms. The van der Waals surface area contributed by atoms with Crippen LogP contribution in [0.4, 0.5) is 0 Å². The molecule has 0 bridgehead atoms. The Morgan fingerprint density at radius 1 is 1.00 bits per heavy atom. The lowest BCUT2D eigenvalue weighted by molar-refractivity contribution is 0.0980. The Bertz CT molecular complexity index is 650.